The maximum atomic E-state index is 12.7. The van der Waals surface area contributed by atoms with Crippen molar-refractivity contribution in [2.75, 3.05) is 26.1 Å². The van der Waals surface area contributed by atoms with Crippen molar-refractivity contribution in [1.29, 1.82) is 0 Å². The second-order valence-corrected chi connectivity index (χ2v) is 7.54. The molecule has 0 fully saturated rings. The van der Waals surface area contributed by atoms with Gasteiger partial charge in [-0.25, -0.2) is 4.79 Å². The van der Waals surface area contributed by atoms with Crippen molar-refractivity contribution in [1.82, 2.24) is 0 Å². The summed E-state index contributed by atoms with van der Waals surface area (Å²) in [7, 11) is 3.24. The first-order chi connectivity index (χ1) is 15.6. The van der Waals surface area contributed by atoms with Gasteiger partial charge in [0.1, 0.15) is 0 Å². The number of nitrogens with one attached hydrogen (secondary N) is 1. The fourth-order valence-corrected chi connectivity index (χ4v) is 3.98. The number of allylic oxidation sites excluding steroid dienone is 1. The Morgan fingerprint density at radius 3 is 2.47 bits per heavy atom. The van der Waals surface area contributed by atoms with Crippen molar-refractivity contribution in [2.24, 2.45) is 0 Å². The van der Waals surface area contributed by atoms with Gasteiger partial charge in [-0.05, 0) is 72.0 Å². The Morgan fingerprint density at radius 1 is 0.938 bits per heavy atom. The van der Waals surface area contributed by atoms with Crippen LogP contribution in [0.5, 0.6) is 11.5 Å². The van der Waals surface area contributed by atoms with Gasteiger partial charge in [0.2, 0.25) is 0 Å². The summed E-state index contributed by atoms with van der Waals surface area (Å²) in [5.74, 6) is 1.07. The molecule has 0 heterocycles. The van der Waals surface area contributed by atoms with Crippen LogP contribution in [0.2, 0.25) is 0 Å². The maximum absolute atomic E-state index is 12.7. The molecule has 1 N–H and O–H groups in total. The zero-order valence-corrected chi connectivity index (χ0v) is 18.6. The third-order valence-corrected chi connectivity index (χ3v) is 5.56. The third kappa shape index (κ3) is 4.47. The monoisotopic (exact) mass is 429 g/mol. The number of methoxy groups -OCH3 is 2. The van der Waals surface area contributed by atoms with Crippen molar-refractivity contribution in [3.05, 3.63) is 83.1 Å². The summed E-state index contributed by atoms with van der Waals surface area (Å²) in [6.45, 7) is 2.17. The molecule has 0 radical (unpaired) electrons. The van der Waals surface area contributed by atoms with Gasteiger partial charge >= 0.3 is 5.97 Å². The zero-order valence-electron chi connectivity index (χ0n) is 18.6. The molecular weight excluding hydrogens is 402 g/mol. The molecule has 0 atom stereocenters. The number of hydrogen-bond donors (Lipinski definition) is 1. The first-order valence-corrected chi connectivity index (χ1v) is 10.7. The minimum atomic E-state index is -0.272. The molecule has 3 aromatic rings. The number of carbonyl (C=O) groups excluding carboxylic acids is 1. The summed E-state index contributed by atoms with van der Waals surface area (Å²) >= 11 is 0. The summed E-state index contributed by atoms with van der Waals surface area (Å²) in [5, 5.41) is 5.81. The van der Waals surface area contributed by atoms with E-state index in [1.165, 1.54) is 5.39 Å². The number of carbonyl (C=O) groups is 1. The smallest absolute Gasteiger partial charge is 0.336 e. The van der Waals surface area contributed by atoms with E-state index in [-0.39, 0.29) is 5.97 Å². The molecular formula is C27H27NO4. The van der Waals surface area contributed by atoms with Gasteiger partial charge in [-0.2, -0.15) is 0 Å². The van der Waals surface area contributed by atoms with Crippen LogP contribution >= 0.6 is 0 Å². The second-order valence-electron chi connectivity index (χ2n) is 7.54. The Kier molecular flexibility index (Phi) is 6.45. The number of ether oxygens (including phenoxy) is 3. The van der Waals surface area contributed by atoms with E-state index in [4.69, 9.17) is 14.2 Å². The van der Waals surface area contributed by atoms with E-state index < -0.39 is 0 Å². The standard InChI is InChI=1S/C27H27NO4/c1-4-32-27(29)23-13-11-21(15-18-9-14-24(30-2)25(16-18)31-3)26(23)28-22-12-10-19-7-5-6-8-20(19)17-22/h5-10,12,14-17,28H,4,11,13H2,1-3H3. The largest absolute Gasteiger partial charge is 0.493 e. The van der Waals surface area contributed by atoms with Crippen molar-refractivity contribution in [2.45, 2.75) is 19.8 Å². The highest BCUT2D eigenvalue weighted by molar-refractivity contribution is 5.94. The van der Waals surface area contributed by atoms with Crippen LogP contribution in [0.15, 0.2) is 77.5 Å². The minimum absolute atomic E-state index is 0.272. The number of anilines is 1. The molecule has 0 aromatic heterocycles. The topological polar surface area (TPSA) is 56.8 Å². The fraction of sp³-hybridized carbons (Fsp3) is 0.222. The highest BCUT2D eigenvalue weighted by atomic mass is 16.5. The van der Waals surface area contributed by atoms with E-state index in [2.05, 4.69) is 35.7 Å². The van der Waals surface area contributed by atoms with Crippen molar-refractivity contribution < 1.29 is 19.0 Å². The number of esters is 1. The van der Waals surface area contributed by atoms with Crippen LogP contribution in [0.1, 0.15) is 25.3 Å². The number of hydrogen-bond acceptors (Lipinski definition) is 5. The molecule has 0 unspecified atom stereocenters. The SMILES string of the molecule is CCOC(=O)C1=C(Nc2ccc3ccccc3c2)C(=Cc2ccc(OC)c(OC)c2)CC1. The van der Waals surface area contributed by atoms with Gasteiger partial charge in [0.15, 0.2) is 11.5 Å². The maximum Gasteiger partial charge on any atom is 0.336 e. The summed E-state index contributed by atoms with van der Waals surface area (Å²) in [6.07, 6.45) is 3.46. The first-order valence-electron chi connectivity index (χ1n) is 10.7. The highest BCUT2D eigenvalue weighted by Crippen LogP contribution is 2.36. The lowest BCUT2D eigenvalue weighted by atomic mass is 10.1. The molecule has 4 rings (SSSR count). The molecule has 0 spiro atoms. The Balaban J connectivity index is 1.73. The van der Waals surface area contributed by atoms with Crippen molar-refractivity contribution >= 4 is 28.5 Å². The number of benzene rings is 3. The molecule has 5 nitrogen and oxygen atoms in total. The van der Waals surface area contributed by atoms with Gasteiger partial charge in [0.05, 0.1) is 32.1 Å². The van der Waals surface area contributed by atoms with E-state index in [1.54, 1.807) is 14.2 Å². The van der Waals surface area contributed by atoms with Crippen molar-refractivity contribution in [3.63, 3.8) is 0 Å². The lowest BCUT2D eigenvalue weighted by molar-refractivity contribution is -0.138. The lowest BCUT2D eigenvalue weighted by Crippen LogP contribution is -2.11. The Hall–Kier alpha value is -3.73. The second kappa shape index (κ2) is 9.60. The average molecular weight is 430 g/mol. The third-order valence-electron chi connectivity index (χ3n) is 5.56. The van der Waals surface area contributed by atoms with Gasteiger partial charge in [-0.1, -0.05) is 36.4 Å². The van der Waals surface area contributed by atoms with E-state index in [1.807, 2.05) is 43.3 Å². The van der Waals surface area contributed by atoms with E-state index in [9.17, 15) is 4.79 Å². The molecule has 0 amide bonds. The van der Waals surface area contributed by atoms with E-state index in [0.29, 0.717) is 30.1 Å². The summed E-state index contributed by atoms with van der Waals surface area (Å²) in [6, 6.07) is 20.2. The molecule has 3 aromatic carbocycles. The number of fused-ring (bicyclic) bond motifs is 1. The zero-order chi connectivity index (χ0) is 22.5. The predicted octanol–water partition coefficient (Wildman–Crippen LogP) is 5.96. The van der Waals surface area contributed by atoms with Crippen LogP contribution in [0.3, 0.4) is 0 Å². The number of rotatable bonds is 7. The van der Waals surface area contributed by atoms with Crippen molar-refractivity contribution in [3.8, 4) is 11.5 Å². The average Bonchev–Trinajstić information content (AvgIpc) is 3.21. The first kappa shape index (κ1) is 21.5. The molecule has 0 saturated heterocycles. The van der Waals surface area contributed by atoms with E-state index >= 15 is 0 Å². The molecule has 164 valence electrons. The van der Waals surface area contributed by atoms with Crippen LogP contribution in [0.25, 0.3) is 16.8 Å². The molecule has 0 bridgehead atoms. The van der Waals surface area contributed by atoms with Crippen LogP contribution in [-0.4, -0.2) is 26.8 Å². The van der Waals surface area contributed by atoms with Crippen LogP contribution in [0, 0.1) is 0 Å². The molecule has 1 aliphatic rings. The van der Waals surface area contributed by atoms with Gasteiger partial charge in [0.25, 0.3) is 0 Å². The summed E-state index contributed by atoms with van der Waals surface area (Å²) in [5.41, 5.74) is 4.44. The highest BCUT2D eigenvalue weighted by Gasteiger charge is 2.26. The summed E-state index contributed by atoms with van der Waals surface area (Å²) < 4.78 is 16.1. The van der Waals surface area contributed by atoms with Gasteiger partial charge in [0, 0.05) is 5.69 Å². The molecule has 32 heavy (non-hydrogen) atoms. The van der Waals surface area contributed by atoms with Gasteiger partial charge in [-0.15, -0.1) is 0 Å². The summed E-state index contributed by atoms with van der Waals surface area (Å²) in [4.78, 5) is 12.7. The van der Waals surface area contributed by atoms with Crippen LogP contribution in [-0.2, 0) is 9.53 Å². The molecule has 5 heteroatoms. The fourth-order valence-electron chi connectivity index (χ4n) is 3.98. The Morgan fingerprint density at radius 2 is 1.72 bits per heavy atom. The quantitative estimate of drug-likeness (QED) is 0.470. The molecule has 0 aliphatic heterocycles. The van der Waals surface area contributed by atoms with Gasteiger partial charge in [-0.3, -0.25) is 0 Å². The predicted molar refractivity (Wildman–Crippen MR) is 128 cm³/mol. The Labute approximate surface area is 188 Å². The lowest BCUT2D eigenvalue weighted by Gasteiger charge is -2.14. The van der Waals surface area contributed by atoms with Crippen LogP contribution in [0.4, 0.5) is 5.69 Å². The van der Waals surface area contributed by atoms with E-state index in [0.717, 1.165) is 34.3 Å². The van der Waals surface area contributed by atoms with Gasteiger partial charge < -0.3 is 19.5 Å². The molecule has 1 aliphatic carbocycles. The normalized spacial score (nSPS) is 14.7. The molecule has 0 saturated carbocycles. The Bertz CT molecular complexity index is 1210. The minimum Gasteiger partial charge on any atom is -0.493 e. The van der Waals surface area contributed by atoms with Crippen LogP contribution < -0.4 is 14.8 Å².